The fraction of sp³-hybridized carbons (Fsp3) is 0.0833. The minimum Gasteiger partial charge on any atom is -0.348 e. The molecule has 0 saturated carbocycles. The summed E-state index contributed by atoms with van der Waals surface area (Å²) < 4.78 is 0. The van der Waals surface area contributed by atoms with Crippen molar-refractivity contribution in [1.29, 1.82) is 0 Å². The highest BCUT2D eigenvalue weighted by Gasteiger charge is 2.27. The highest BCUT2D eigenvalue weighted by atomic mass is 35.5. The molecule has 1 N–H and O–H groups in total. The van der Waals surface area contributed by atoms with Crippen molar-refractivity contribution in [1.82, 2.24) is 5.32 Å². The number of carbonyl (C=O) groups is 2. The Bertz CT molecular complexity index is 1210. The van der Waals surface area contributed by atoms with E-state index in [1.165, 1.54) is 11.8 Å². The molecule has 3 aromatic carbocycles. The van der Waals surface area contributed by atoms with Gasteiger partial charge in [0.05, 0.1) is 10.6 Å². The van der Waals surface area contributed by atoms with Gasteiger partial charge in [0.2, 0.25) is 0 Å². The summed E-state index contributed by atoms with van der Waals surface area (Å²) in [7, 11) is 1.71. The van der Waals surface area contributed by atoms with Crippen LogP contribution in [0.3, 0.4) is 0 Å². The van der Waals surface area contributed by atoms with Gasteiger partial charge in [0.15, 0.2) is 0 Å². The van der Waals surface area contributed by atoms with Gasteiger partial charge in [-0.25, -0.2) is 0 Å². The van der Waals surface area contributed by atoms with Gasteiger partial charge < -0.3 is 10.2 Å². The maximum absolute atomic E-state index is 12.9. The molecule has 0 unspecified atom stereocenters. The molecular formula is C24H18Cl2N2O2S. The zero-order chi connectivity index (χ0) is 22.0. The van der Waals surface area contributed by atoms with Crippen molar-refractivity contribution in [3.8, 4) is 0 Å². The maximum atomic E-state index is 12.9. The van der Waals surface area contributed by atoms with Gasteiger partial charge in [-0.05, 0) is 53.6 Å². The summed E-state index contributed by atoms with van der Waals surface area (Å²) in [4.78, 5) is 28.6. The van der Waals surface area contributed by atoms with Gasteiger partial charge in [-0.3, -0.25) is 9.59 Å². The molecule has 0 aromatic heterocycles. The minimum absolute atomic E-state index is 0.133. The molecule has 1 aliphatic rings. The summed E-state index contributed by atoms with van der Waals surface area (Å²) in [6, 6.07) is 20.1. The van der Waals surface area contributed by atoms with Crippen LogP contribution in [-0.4, -0.2) is 18.9 Å². The quantitative estimate of drug-likeness (QED) is 0.475. The molecule has 7 heteroatoms. The predicted octanol–water partition coefficient (Wildman–Crippen LogP) is 6.03. The Morgan fingerprint density at radius 1 is 1.06 bits per heavy atom. The first-order valence-electron chi connectivity index (χ1n) is 9.51. The van der Waals surface area contributed by atoms with E-state index < -0.39 is 0 Å². The minimum atomic E-state index is -0.228. The zero-order valence-corrected chi connectivity index (χ0v) is 18.9. The third-order valence-corrected chi connectivity index (χ3v) is 6.54. The normalized spacial score (nSPS) is 14.5. The molecule has 0 spiro atoms. The Hall–Kier alpha value is -2.73. The first-order valence-corrected chi connectivity index (χ1v) is 11.1. The second-order valence-corrected chi connectivity index (χ2v) is 8.91. The van der Waals surface area contributed by atoms with Crippen molar-refractivity contribution in [3.05, 3.63) is 98.4 Å². The number of anilines is 1. The monoisotopic (exact) mass is 468 g/mol. The lowest BCUT2D eigenvalue weighted by Gasteiger charge is -2.27. The van der Waals surface area contributed by atoms with Crippen LogP contribution in [0.15, 0.2) is 76.5 Å². The number of nitrogens with zero attached hydrogens (tertiary/aromatic N) is 1. The Labute approximate surface area is 194 Å². The molecule has 156 valence electrons. The van der Waals surface area contributed by atoms with E-state index in [2.05, 4.69) is 5.32 Å². The van der Waals surface area contributed by atoms with Crippen LogP contribution in [0, 0.1) is 0 Å². The number of likely N-dealkylation sites (N-methyl/N-ethyl adjacent to an activating group) is 1. The van der Waals surface area contributed by atoms with Crippen molar-refractivity contribution in [3.63, 3.8) is 0 Å². The highest BCUT2D eigenvalue weighted by Crippen LogP contribution is 2.42. The number of nitrogens with one attached hydrogen (secondary N) is 1. The number of fused-ring (bicyclic) bond motifs is 1. The third-order valence-electron chi connectivity index (χ3n) is 4.86. The van der Waals surface area contributed by atoms with Crippen molar-refractivity contribution in [2.45, 2.75) is 11.4 Å². The van der Waals surface area contributed by atoms with E-state index >= 15 is 0 Å². The lowest BCUT2D eigenvalue weighted by atomic mass is 10.1. The molecule has 4 rings (SSSR count). The SMILES string of the molecule is CN1C(=O)C(=Cc2cccc(Cl)c2)Sc2ccc(C(=O)NCc3ccccc3Cl)cc21. The van der Waals surface area contributed by atoms with Crippen molar-refractivity contribution in [2.24, 2.45) is 0 Å². The molecule has 3 aromatic rings. The van der Waals surface area contributed by atoms with Gasteiger partial charge >= 0.3 is 0 Å². The summed E-state index contributed by atoms with van der Waals surface area (Å²) in [5, 5.41) is 4.10. The Morgan fingerprint density at radius 3 is 2.65 bits per heavy atom. The number of halogens is 2. The molecule has 31 heavy (non-hydrogen) atoms. The largest absolute Gasteiger partial charge is 0.348 e. The number of thioether (sulfide) groups is 1. The third kappa shape index (κ3) is 4.79. The average Bonchev–Trinajstić information content (AvgIpc) is 2.76. The van der Waals surface area contributed by atoms with E-state index in [0.29, 0.717) is 32.7 Å². The molecule has 0 saturated heterocycles. The summed E-state index contributed by atoms with van der Waals surface area (Å²) in [5.41, 5.74) is 2.88. The molecule has 0 atom stereocenters. The highest BCUT2D eigenvalue weighted by molar-refractivity contribution is 8.04. The Morgan fingerprint density at radius 2 is 1.87 bits per heavy atom. The van der Waals surface area contributed by atoms with E-state index in [-0.39, 0.29) is 11.8 Å². The Balaban J connectivity index is 1.54. The lowest BCUT2D eigenvalue weighted by molar-refractivity contribution is -0.114. The fourth-order valence-electron chi connectivity index (χ4n) is 3.20. The van der Waals surface area contributed by atoms with Crippen LogP contribution in [0.1, 0.15) is 21.5 Å². The van der Waals surface area contributed by atoms with Gasteiger partial charge in [-0.1, -0.05) is 65.3 Å². The molecule has 1 heterocycles. The van der Waals surface area contributed by atoms with Gasteiger partial charge in [0.1, 0.15) is 0 Å². The zero-order valence-electron chi connectivity index (χ0n) is 16.6. The van der Waals surface area contributed by atoms with Crippen molar-refractivity contribution in [2.75, 3.05) is 11.9 Å². The van der Waals surface area contributed by atoms with E-state index in [4.69, 9.17) is 23.2 Å². The number of carbonyl (C=O) groups excluding carboxylic acids is 2. The molecule has 1 aliphatic heterocycles. The van der Waals surface area contributed by atoms with E-state index in [9.17, 15) is 9.59 Å². The fourth-order valence-corrected chi connectivity index (χ4v) is 4.70. The van der Waals surface area contributed by atoms with Crippen LogP contribution in [0.4, 0.5) is 5.69 Å². The summed E-state index contributed by atoms with van der Waals surface area (Å²) in [5.74, 6) is -0.361. The van der Waals surface area contributed by atoms with E-state index in [0.717, 1.165) is 16.0 Å². The van der Waals surface area contributed by atoms with Crippen LogP contribution in [0.5, 0.6) is 0 Å². The van der Waals surface area contributed by atoms with Crippen LogP contribution in [0.2, 0.25) is 10.0 Å². The molecule has 0 aliphatic carbocycles. The first-order chi connectivity index (χ1) is 14.9. The Kier molecular flexibility index (Phi) is 6.37. The number of hydrogen-bond donors (Lipinski definition) is 1. The lowest BCUT2D eigenvalue weighted by Crippen LogP contribution is -2.31. The molecular weight excluding hydrogens is 451 g/mol. The van der Waals surface area contributed by atoms with Crippen LogP contribution < -0.4 is 10.2 Å². The van der Waals surface area contributed by atoms with Gasteiger partial charge in [-0.2, -0.15) is 0 Å². The van der Waals surface area contributed by atoms with Crippen LogP contribution >= 0.6 is 35.0 Å². The molecule has 4 nitrogen and oxygen atoms in total. The van der Waals surface area contributed by atoms with E-state index in [1.54, 1.807) is 36.2 Å². The maximum Gasteiger partial charge on any atom is 0.264 e. The summed E-state index contributed by atoms with van der Waals surface area (Å²) >= 11 is 13.6. The second kappa shape index (κ2) is 9.18. The summed E-state index contributed by atoms with van der Waals surface area (Å²) in [6.45, 7) is 0.325. The van der Waals surface area contributed by atoms with Crippen LogP contribution in [0.25, 0.3) is 6.08 Å². The molecule has 0 fully saturated rings. The molecule has 0 bridgehead atoms. The number of hydrogen-bond acceptors (Lipinski definition) is 3. The topological polar surface area (TPSA) is 49.4 Å². The number of rotatable bonds is 4. The molecule has 0 radical (unpaired) electrons. The average molecular weight is 469 g/mol. The number of benzene rings is 3. The predicted molar refractivity (Wildman–Crippen MR) is 128 cm³/mol. The number of amides is 2. The smallest absolute Gasteiger partial charge is 0.264 e. The second-order valence-electron chi connectivity index (χ2n) is 6.99. The summed E-state index contributed by atoms with van der Waals surface area (Å²) in [6.07, 6.45) is 1.82. The van der Waals surface area contributed by atoms with Gasteiger partial charge in [0, 0.05) is 34.1 Å². The van der Waals surface area contributed by atoms with Crippen molar-refractivity contribution >= 4 is 58.5 Å². The standard InChI is InChI=1S/C24H18Cl2N2O2S/c1-28-20-13-16(23(29)27-14-17-6-2-3-8-19(17)26)9-10-21(20)31-22(24(28)30)12-15-5-4-7-18(25)11-15/h2-13H,14H2,1H3,(H,27,29). The first kappa shape index (κ1) is 21.5. The molecule has 2 amide bonds. The van der Waals surface area contributed by atoms with E-state index in [1.807, 2.05) is 48.5 Å². The van der Waals surface area contributed by atoms with Crippen molar-refractivity contribution < 1.29 is 9.59 Å². The van der Waals surface area contributed by atoms with Crippen LogP contribution in [-0.2, 0) is 11.3 Å². The van der Waals surface area contributed by atoms with Gasteiger partial charge in [-0.15, -0.1) is 0 Å². The van der Waals surface area contributed by atoms with Gasteiger partial charge in [0.25, 0.3) is 11.8 Å².